The van der Waals surface area contributed by atoms with E-state index in [0.29, 0.717) is 11.8 Å². The SMILES string of the molecule is CC1C=CC(O)CC1C. The average molecular weight is 126 g/mol. The molecule has 0 aromatic carbocycles. The summed E-state index contributed by atoms with van der Waals surface area (Å²) in [5.41, 5.74) is 0. The number of hydrogen-bond donors (Lipinski definition) is 1. The lowest BCUT2D eigenvalue weighted by atomic mass is 9.86. The Labute approximate surface area is 56.4 Å². The third kappa shape index (κ3) is 1.55. The molecule has 0 aromatic heterocycles. The lowest BCUT2D eigenvalue weighted by Gasteiger charge is -2.23. The Balaban J connectivity index is 2.54. The molecule has 0 fully saturated rings. The van der Waals surface area contributed by atoms with Gasteiger partial charge in [0, 0.05) is 0 Å². The van der Waals surface area contributed by atoms with E-state index in [1.54, 1.807) is 0 Å². The summed E-state index contributed by atoms with van der Waals surface area (Å²) in [4.78, 5) is 0. The highest BCUT2D eigenvalue weighted by atomic mass is 16.3. The number of hydrogen-bond acceptors (Lipinski definition) is 1. The number of allylic oxidation sites excluding steroid dienone is 1. The maximum Gasteiger partial charge on any atom is 0.0723 e. The van der Waals surface area contributed by atoms with E-state index in [9.17, 15) is 0 Å². The Bertz CT molecular complexity index is 118. The Hall–Kier alpha value is -0.300. The summed E-state index contributed by atoms with van der Waals surface area (Å²) in [6, 6.07) is 0. The van der Waals surface area contributed by atoms with Crippen molar-refractivity contribution in [1.29, 1.82) is 0 Å². The fourth-order valence-electron chi connectivity index (χ4n) is 1.17. The second kappa shape index (κ2) is 2.53. The largest absolute Gasteiger partial charge is 0.389 e. The molecule has 1 rings (SSSR count). The molecule has 3 atom stereocenters. The highest BCUT2D eigenvalue weighted by molar-refractivity contribution is 4.99. The molecule has 0 spiro atoms. The molecule has 0 aliphatic heterocycles. The first-order valence-electron chi connectivity index (χ1n) is 3.56. The van der Waals surface area contributed by atoms with Crippen LogP contribution in [0.2, 0.25) is 0 Å². The van der Waals surface area contributed by atoms with Crippen LogP contribution in [0.4, 0.5) is 0 Å². The Morgan fingerprint density at radius 2 is 2.00 bits per heavy atom. The van der Waals surface area contributed by atoms with Crippen LogP contribution in [0.5, 0.6) is 0 Å². The van der Waals surface area contributed by atoms with Crippen LogP contribution in [0.3, 0.4) is 0 Å². The van der Waals surface area contributed by atoms with E-state index >= 15 is 0 Å². The van der Waals surface area contributed by atoms with Crippen LogP contribution in [0, 0.1) is 11.8 Å². The molecule has 9 heavy (non-hydrogen) atoms. The highest BCUT2D eigenvalue weighted by Crippen LogP contribution is 2.23. The van der Waals surface area contributed by atoms with E-state index in [0.717, 1.165) is 6.42 Å². The van der Waals surface area contributed by atoms with Gasteiger partial charge >= 0.3 is 0 Å². The zero-order valence-corrected chi connectivity index (χ0v) is 6.04. The number of aliphatic hydroxyl groups excluding tert-OH is 1. The monoisotopic (exact) mass is 126 g/mol. The van der Waals surface area contributed by atoms with E-state index in [2.05, 4.69) is 19.9 Å². The molecule has 0 saturated carbocycles. The minimum Gasteiger partial charge on any atom is -0.389 e. The van der Waals surface area contributed by atoms with Gasteiger partial charge in [-0.05, 0) is 18.3 Å². The molecule has 0 aromatic rings. The van der Waals surface area contributed by atoms with Gasteiger partial charge in [-0.3, -0.25) is 0 Å². The summed E-state index contributed by atoms with van der Waals surface area (Å²) in [7, 11) is 0. The summed E-state index contributed by atoms with van der Waals surface area (Å²) in [6.07, 6.45) is 4.73. The molecule has 0 heterocycles. The van der Waals surface area contributed by atoms with Crippen LogP contribution in [0.1, 0.15) is 20.3 Å². The lowest BCUT2D eigenvalue weighted by molar-refractivity contribution is 0.169. The third-order valence-corrected chi connectivity index (χ3v) is 2.15. The third-order valence-electron chi connectivity index (χ3n) is 2.15. The second-order valence-corrected chi connectivity index (χ2v) is 3.02. The first-order chi connectivity index (χ1) is 4.20. The molecule has 1 nitrogen and oxygen atoms in total. The number of rotatable bonds is 0. The predicted molar refractivity (Wildman–Crippen MR) is 38.1 cm³/mol. The van der Waals surface area contributed by atoms with Crippen molar-refractivity contribution in [3.05, 3.63) is 12.2 Å². The summed E-state index contributed by atoms with van der Waals surface area (Å²) < 4.78 is 0. The molecule has 0 amide bonds. The van der Waals surface area contributed by atoms with E-state index in [4.69, 9.17) is 5.11 Å². The van der Waals surface area contributed by atoms with Crippen LogP contribution in [0.25, 0.3) is 0 Å². The van der Waals surface area contributed by atoms with Crippen molar-refractivity contribution in [1.82, 2.24) is 0 Å². The van der Waals surface area contributed by atoms with Crippen molar-refractivity contribution in [3.63, 3.8) is 0 Å². The van der Waals surface area contributed by atoms with Crippen LogP contribution < -0.4 is 0 Å². The minimum absolute atomic E-state index is 0.184. The van der Waals surface area contributed by atoms with Gasteiger partial charge in [0.1, 0.15) is 0 Å². The molecule has 1 N–H and O–H groups in total. The van der Waals surface area contributed by atoms with Gasteiger partial charge in [-0.1, -0.05) is 26.0 Å². The molecule has 0 bridgehead atoms. The van der Waals surface area contributed by atoms with Gasteiger partial charge in [0.05, 0.1) is 6.10 Å². The van der Waals surface area contributed by atoms with Crippen molar-refractivity contribution in [2.24, 2.45) is 11.8 Å². The van der Waals surface area contributed by atoms with Crippen LogP contribution in [-0.2, 0) is 0 Å². The minimum atomic E-state index is -0.184. The van der Waals surface area contributed by atoms with Gasteiger partial charge in [-0.2, -0.15) is 0 Å². The Morgan fingerprint density at radius 3 is 2.44 bits per heavy atom. The first kappa shape index (κ1) is 6.81. The zero-order valence-electron chi connectivity index (χ0n) is 6.04. The fourth-order valence-corrected chi connectivity index (χ4v) is 1.17. The summed E-state index contributed by atoms with van der Waals surface area (Å²) in [6.45, 7) is 4.37. The lowest BCUT2D eigenvalue weighted by Crippen LogP contribution is -2.18. The van der Waals surface area contributed by atoms with Gasteiger partial charge in [0.2, 0.25) is 0 Å². The molecule has 0 saturated heterocycles. The summed E-state index contributed by atoms with van der Waals surface area (Å²) >= 11 is 0. The fraction of sp³-hybridized carbons (Fsp3) is 0.750. The first-order valence-corrected chi connectivity index (χ1v) is 3.56. The molecular weight excluding hydrogens is 112 g/mol. The van der Waals surface area contributed by atoms with Gasteiger partial charge in [-0.15, -0.1) is 0 Å². The molecular formula is C8H14O. The molecule has 1 aliphatic rings. The van der Waals surface area contributed by atoms with Gasteiger partial charge in [0.15, 0.2) is 0 Å². The van der Waals surface area contributed by atoms with Crippen molar-refractivity contribution < 1.29 is 5.11 Å². The van der Waals surface area contributed by atoms with Crippen molar-refractivity contribution >= 4 is 0 Å². The van der Waals surface area contributed by atoms with Gasteiger partial charge in [0.25, 0.3) is 0 Å². The molecule has 1 aliphatic carbocycles. The van der Waals surface area contributed by atoms with E-state index in [1.165, 1.54) is 0 Å². The van der Waals surface area contributed by atoms with E-state index in [-0.39, 0.29) is 6.10 Å². The topological polar surface area (TPSA) is 20.2 Å². The number of aliphatic hydroxyl groups is 1. The smallest absolute Gasteiger partial charge is 0.0723 e. The molecule has 0 radical (unpaired) electrons. The quantitative estimate of drug-likeness (QED) is 0.488. The standard InChI is InChI=1S/C8H14O/c1-6-3-4-8(9)5-7(6)2/h3-4,6-9H,5H2,1-2H3. The predicted octanol–water partition coefficient (Wildman–Crippen LogP) is 1.58. The van der Waals surface area contributed by atoms with Crippen molar-refractivity contribution in [3.8, 4) is 0 Å². The van der Waals surface area contributed by atoms with Crippen LogP contribution in [-0.4, -0.2) is 11.2 Å². The van der Waals surface area contributed by atoms with E-state index in [1.807, 2.05) is 6.08 Å². The van der Waals surface area contributed by atoms with Gasteiger partial charge < -0.3 is 5.11 Å². The highest BCUT2D eigenvalue weighted by Gasteiger charge is 2.17. The Morgan fingerprint density at radius 1 is 1.33 bits per heavy atom. The molecule has 1 heteroatoms. The van der Waals surface area contributed by atoms with E-state index < -0.39 is 0 Å². The summed E-state index contributed by atoms with van der Waals surface area (Å²) in [5, 5.41) is 9.11. The average Bonchev–Trinajstić information content (AvgIpc) is 1.80. The normalized spacial score (nSPS) is 43.2. The Kier molecular flexibility index (Phi) is 1.91. The summed E-state index contributed by atoms with van der Waals surface area (Å²) in [5.74, 6) is 1.29. The zero-order chi connectivity index (χ0) is 6.85. The van der Waals surface area contributed by atoms with Crippen LogP contribution >= 0.6 is 0 Å². The van der Waals surface area contributed by atoms with Crippen molar-refractivity contribution in [2.75, 3.05) is 0 Å². The van der Waals surface area contributed by atoms with Gasteiger partial charge in [-0.25, -0.2) is 0 Å². The molecule has 3 unspecified atom stereocenters. The maximum absolute atomic E-state index is 9.11. The molecule has 52 valence electrons. The maximum atomic E-state index is 9.11. The van der Waals surface area contributed by atoms with Crippen LogP contribution in [0.15, 0.2) is 12.2 Å². The van der Waals surface area contributed by atoms with Crippen molar-refractivity contribution in [2.45, 2.75) is 26.4 Å². The second-order valence-electron chi connectivity index (χ2n) is 3.02.